The van der Waals surface area contributed by atoms with E-state index >= 15 is 0 Å². The first-order valence-electron chi connectivity index (χ1n) is 11.5. The smallest absolute Gasteiger partial charge is 0.0456 e. The van der Waals surface area contributed by atoms with Crippen LogP contribution >= 0.6 is 0 Å². The Balaban J connectivity index is 1.35. The van der Waals surface area contributed by atoms with Crippen molar-refractivity contribution in [3.8, 4) is 0 Å². The van der Waals surface area contributed by atoms with Crippen molar-refractivity contribution in [3.63, 3.8) is 0 Å². The second kappa shape index (κ2) is 13.9. The van der Waals surface area contributed by atoms with Gasteiger partial charge in [-0.1, -0.05) is 115 Å². The maximum absolute atomic E-state index is 3.39. The van der Waals surface area contributed by atoms with Gasteiger partial charge in [-0.25, -0.2) is 0 Å². The zero-order valence-electron chi connectivity index (χ0n) is 17.2. The summed E-state index contributed by atoms with van der Waals surface area (Å²) in [7, 11) is 0. The molecule has 1 N–H and O–H groups in total. The van der Waals surface area contributed by atoms with Gasteiger partial charge in [-0.05, 0) is 24.5 Å². The van der Waals surface area contributed by atoms with E-state index in [0.717, 1.165) is 0 Å². The van der Waals surface area contributed by atoms with E-state index < -0.39 is 0 Å². The number of aromatic nitrogens is 1. The number of hydrogen-bond donors (Lipinski definition) is 1. The first-order chi connectivity index (χ1) is 12.9. The molecule has 0 spiro atoms. The van der Waals surface area contributed by atoms with Crippen LogP contribution in [0.4, 0.5) is 0 Å². The molecule has 1 heterocycles. The van der Waals surface area contributed by atoms with Crippen molar-refractivity contribution in [2.45, 2.75) is 110 Å². The Hall–Kier alpha value is -1.24. The SMILES string of the molecule is CCCCCCCCCCCCCCCCCc1c[nH]c2ccccc12. The maximum Gasteiger partial charge on any atom is 0.0456 e. The van der Waals surface area contributed by atoms with Gasteiger partial charge >= 0.3 is 0 Å². The summed E-state index contributed by atoms with van der Waals surface area (Å²) in [5, 5.41) is 1.41. The summed E-state index contributed by atoms with van der Waals surface area (Å²) in [6.07, 6.45) is 25.0. The Bertz CT molecular complexity index is 568. The highest BCUT2D eigenvalue weighted by molar-refractivity contribution is 5.82. The average molecular weight is 356 g/mol. The van der Waals surface area contributed by atoms with Crippen molar-refractivity contribution >= 4 is 10.9 Å². The van der Waals surface area contributed by atoms with Crippen molar-refractivity contribution in [2.24, 2.45) is 0 Å². The molecular formula is C25H41N. The predicted octanol–water partition coefficient (Wildman–Crippen LogP) is 8.58. The lowest BCUT2D eigenvalue weighted by Gasteiger charge is -2.03. The quantitative estimate of drug-likeness (QED) is 0.290. The fraction of sp³-hybridized carbons (Fsp3) is 0.680. The van der Waals surface area contributed by atoms with Gasteiger partial charge in [0.25, 0.3) is 0 Å². The van der Waals surface area contributed by atoms with Crippen molar-refractivity contribution in [3.05, 3.63) is 36.0 Å². The van der Waals surface area contributed by atoms with Crippen molar-refractivity contribution in [1.82, 2.24) is 4.98 Å². The van der Waals surface area contributed by atoms with Crippen molar-refractivity contribution < 1.29 is 0 Å². The molecule has 0 aliphatic rings. The van der Waals surface area contributed by atoms with E-state index in [0.29, 0.717) is 0 Å². The number of hydrogen-bond acceptors (Lipinski definition) is 0. The van der Waals surface area contributed by atoms with Gasteiger partial charge in [0, 0.05) is 17.1 Å². The van der Waals surface area contributed by atoms with Gasteiger partial charge in [-0.15, -0.1) is 0 Å². The van der Waals surface area contributed by atoms with Gasteiger partial charge < -0.3 is 4.98 Å². The van der Waals surface area contributed by atoms with Crippen LogP contribution in [0.15, 0.2) is 30.5 Å². The predicted molar refractivity (Wildman–Crippen MR) is 117 cm³/mol. The van der Waals surface area contributed by atoms with E-state index in [1.165, 1.54) is 119 Å². The Morgan fingerprint density at radius 1 is 0.615 bits per heavy atom. The van der Waals surface area contributed by atoms with Gasteiger partial charge in [0.05, 0.1) is 0 Å². The molecule has 1 nitrogen and oxygen atoms in total. The molecule has 0 saturated heterocycles. The summed E-state index contributed by atoms with van der Waals surface area (Å²) in [5.41, 5.74) is 2.78. The van der Waals surface area contributed by atoms with E-state index in [9.17, 15) is 0 Å². The topological polar surface area (TPSA) is 15.8 Å². The van der Waals surface area contributed by atoms with Crippen molar-refractivity contribution in [2.75, 3.05) is 0 Å². The maximum atomic E-state index is 3.39. The molecule has 1 aromatic heterocycles. The fourth-order valence-corrected chi connectivity index (χ4v) is 4.03. The molecule has 1 heteroatoms. The number of fused-ring (bicyclic) bond motifs is 1. The van der Waals surface area contributed by atoms with Crippen LogP contribution in [0.25, 0.3) is 10.9 Å². The highest BCUT2D eigenvalue weighted by Crippen LogP contribution is 2.20. The van der Waals surface area contributed by atoms with Crippen LogP contribution in [0, 0.1) is 0 Å². The molecular weight excluding hydrogens is 314 g/mol. The number of rotatable bonds is 16. The Labute approximate surface area is 162 Å². The second-order valence-electron chi connectivity index (χ2n) is 8.06. The summed E-state index contributed by atoms with van der Waals surface area (Å²) in [6, 6.07) is 8.67. The van der Waals surface area contributed by atoms with Gasteiger partial charge in [0.1, 0.15) is 0 Å². The molecule has 0 amide bonds. The molecule has 146 valence electrons. The van der Waals surface area contributed by atoms with E-state index in [1.54, 1.807) is 0 Å². The van der Waals surface area contributed by atoms with E-state index in [-0.39, 0.29) is 0 Å². The minimum atomic E-state index is 1.22. The number of benzene rings is 1. The number of unbranched alkanes of at least 4 members (excludes halogenated alkanes) is 14. The molecule has 0 aliphatic heterocycles. The summed E-state index contributed by atoms with van der Waals surface area (Å²) in [4.78, 5) is 3.39. The Morgan fingerprint density at radius 3 is 1.69 bits per heavy atom. The number of aryl methyl sites for hydroxylation is 1. The van der Waals surface area contributed by atoms with Crippen LogP contribution in [0.3, 0.4) is 0 Å². The highest BCUT2D eigenvalue weighted by Gasteiger charge is 2.02. The van der Waals surface area contributed by atoms with Crippen LogP contribution in [0.2, 0.25) is 0 Å². The molecule has 0 aliphatic carbocycles. The molecule has 0 radical (unpaired) electrons. The molecule has 0 fully saturated rings. The largest absolute Gasteiger partial charge is 0.361 e. The zero-order chi connectivity index (χ0) is 18.3. The normalized spacial score (nSPS) is 11.4. The minimum Gasteiger partial charge on any atom is -0.361 e. The molecule has 0 bridgehead atoms. The summed E-state index contributed by atoms with van der Waals surface area (Å²) < 4.78 is 0. The van der Waals surface area contributed by atoms with Crippen LogP contribution in [-0.2, 0) is 6.42 Å². The lowest BCUT2D eigenvalue weighted by molar-refractivity contribution is 0.532. The molecule has 26 heavy (non-hydrogen) atoms. The molecule has 0 saturated carbocycles. The Morgan fingerprint density at radius 2 is 1.12 bits per heavy atom. The molecule has 1 aromatic carbocycles. The molecule has 0 unspecified atom stereocenters. The zero-order valence-corrected chi connectivity index (χ0v) is 17.2. The van der Waals surface area contributed by atoms with Gasteiger partial charge in [-0.2, -0.15) is 0 Å². The van der Waals surface area contributed by atoms with Gasteiger partial charge in [-0.3, -0.25) is 0 Å². The van der Waals surface area contributed by atoms with Crippen LogP contribution in [-0.4, -0.2) is 4.98 Å². The highest BCUT2D eigenvalue weighted by atomic mass is 14.7. The van der Waals surface area contributed by atoms with Crippen LogP contribution in [0.1, 0.15) is 109 Å². The second-order valence-corrected chi connectivity index (χ2v) is 8.06. The number of nitrogens with one attached hydrogen (secondary N) is 1. The van der Waals surface area contributed by atoms with Gasteiger partial charge in [0.15, 0.2) is 0 Å². The van der Waals surface area contributed by atoms with Gasteiger partial charge in [0.2, 0.25) is 0 Å². The third-order valence-corrected chi connectivity index (χ3v) is 5.72. The fourth-order valence-electron chi connectivity index (χ4n) is 4.03. The monoisotopic (exact) mass is 355 g/mol. The average Bonchev–Trinajstić information content (AvgIpc) is 3.08. The summed E-state index contributed by atoms with van der Waals surface area (Å²) >= 11 is 0. The first kappa shape index (κ1) is 21.1. The number of para-hydroxylation sites is 1. The number of aromatic amines is 1. The molecule has 2 aromatic rings. The minimum absolute atomic E-state index is 1.22. The first-order valence-corrected chi connectivity index (χ1v) is 11.5. The van der Waals surface area contributed by atoms with E-state index in [2.05, 4.69) is 42.4 Å². The summed E-state index contributed by atoms with van der Waals surface area (Å²) in [6.45, 7) is 2.30. The summed E-state index contributed by atoms with van der Waals surface area (Å²) in [5.74, 6) is 0. The Kier molecular flexibility index (Phi) is 11.3. The standard InChI is InChI=1S/C25H41N/c1-2-3-4-5-6-7-8-9-10-11-12-13-14-15-16-19-23-22-26-25-21-18-17-20-24(23)25/h17-18,20-22,26H,2-16,19H2,1H3. The lowest BCUT2D eigenvalue weighted by atomic mass is 10.0. The lowest BCUT2D eigenvalue weighted by Crippen LogP contribution is -1.86. The third-order valence-electron chi connectivity index (χ3n) is 5.72. The van der Waals surface area contributed by atoms with E-state index in [4.69, 9.17) is 0 Å². The molecule has 0 atom stereocenters. The van der Waals surface area contributed by atoms with Crippen LogP contribution in [0.5, 0.6) is 0 Å². The van der Waals surface area contributed by atoms with Crippen LogP contribution < -0.4 is 0 Å². The van der Waals surface area contributed by atoms with E-state index in [1.807, 2.05) is 0 Å². The number of H-pyrrole nitrogens is 1. The third kappa shape index (κ3) is 8.43. The molecule has 2 rings (SSSR count). The van der Waals surface area contributed by atoms with Crippen molar-refractivity contribution in [1.29, 1.82) is 0 Å².